The number of carbonyl (C=O) groups is 1. The number of carbonyl (C=O) groups excluding carboxylic acids is 1. The number of rotatable bonds is 6. The first kappa shape index (κ1) is 13.8. The van der Waals surface area contributed by atoms with Crippen molar-refractivity contribution in [1.82, 2.24) is 5.32 Å². The predicted octanol–water partition coefficient (Wildman–Crippen LogP) is 3.34. The van der Waals surface area contributed by atoms with Gasteiger partial charge in [-0.2, -0.15) is 0 Å². The van der Waals surface area contributed by atoms with E-state index in [2.05, 4.69) is 43.4 Å². The Morgan fingerprint density at radius 1 is 1.24 bits per heavy atom. The van der Waals surface area contributed by atoms with Crippen LogP contribution < -0.4 is 5.32 Å². The van der Waals surface area contributed by atoms with E-state index in [0.717, 1.165) is 13.0 Å². The second-order valence-corrected chi connectivity index (χ2v) is 4.82. The Balaban J connectivity index is 2.59. The molecule has 0 aromatic heterocycles. The third-order valence-electron chi connectivity index (χ3n) is 3.03. The molecule has 2 heteroatoms. The van der Waals surface area contributed by atoms with Gasteiger partial charge in [-0.1, -0.05) is 51.1 Å². The van der Waals surface area contributed by atoms with Gasteiger partial charge in [-0.15, -0.1) is 0 Å². The van der Waals surface area contributed by atoms with Gasteiger partial charge < -0.3 is 5.32 Å². The first-order chi connectivity index (χ1) is 8.15. The number of nitrogens with one attached hydrogen (secondary N) is 1. The first-order valence-electron chi connectivity index (χ1n) is 6.46. The highest BCUT2D eigenvalue weighted by Gasteiger charge is 2.16. The summed E-state index contributed by atoms with van der Waals surface area (Å²) in [7, 11) is 0. The summed E-state index contributed by atoms with van der Waals surface area (Å²) in [6.45, 7) is 7.16. The number of benzene rings is 1. The highest BCUT2D eigenvalue weighted by Crippen LogP contribution is 2.23. The molecule has 0 bridgehead atoms. The molecule has 1 atom stereocenters. The number of hydrogen-bond acceptors (Lipinski definition) is 1. The van der Waals surface area contributed by atoms with Crippen molar-refractivity contribution in [2.75, 3.05) is 6.54 Å². The van der Waals surface area contributed by atoms with Gasteiger partial charge in [0.1, 0.15) is 0 Å². The lowest BCUT2D eigenvalue weighted by Crippen LogP contribution is -2.30. The summed E-state index contributed by atoms with van der Waals surface area (Å²) in [5, 5.41) is 3.02. The standard InChI is InChI=1S/C15H23NO/c1-4-8-15(17)16-11-14(12(2)3)13-9-6-5-7-10-13/h5-7,9-10,12,14H,4,8,11H2,1-3H3,(H,16,17). The Labute approximate surface area is 104 Å². The molecule has 0 saturated heterocycles. The molecule has 0 heterocycles. The van der Waals surface area contributed by atoms with Crippen LogP contribution in [-0.4, -0.2) is 12.5 Å². The minimum Gasteiger partial charge on any atom is -0.355 e. The topological polar surface area (TPSA) is 29.1 Å². The summed E-state index contributed by atoms with van der Waals surface area (Å²) >= 11 is 0. The second kappa shape index (κ2) is 7.10. The van der Waals surface area contributed by atoms with Gasteiger partial charge >= 0.3 is 0 Å². The molecule has 1 N–H and O–H groups in total. The Bertz CT molecular complexity index is 332. The summed E-state index contributed by atoms with van der Waals surface area (Å²) < 4.78 is 0. The van der Waals surface area contributed by atoms with Crippen molar-refractivity contribution in [2.24, 2.45) is 5.92 Å². The molecule has 0 fully saturated rings. The summed E-state index contributed by atoms with van der Waals surface area (Å²) in [5.41, 5.74) is 1.30. The van der Waals surface area contributed by atoms with Gasteiger partial charge in [-0.25, -0.2) is 0 Å². The smallest absolute Gasteiger partial charge is 0.220 e. The fourth-order valence-electron chi connectivity index (χ4n) is 1.98. The van der Waals surface area contributed by atoms with Crippen LogP contribution in [0.3, 0.4) is 0 Å². The van der Waals surface area contributed by atoms with E-state index in [1.165, 1.54) is 5.56 Å². The van der Waals surface area contributed by atoms with Crippen LogP contribution >= 0.6 is 0 Å². The molecular weight excluding hydrogens is 210 g/mol. The van der Waals surface area contributed by atoms with Crippen LogP contribution in [-0.2, 0) is 4.79 Å². The van der Waals surface area contributed by atoms with E-state index in [0.29, 0.717) is 18.3 Å². The van der Waals surface area contributed by atoms with Crippen molar-refractivity contribution in [3.05, 3.63) is 35.9 Å². The SMILES string of the molecule is CCCC(=O)NCC(c1ccccc1)C(C)C. The van der Waals surface area contributed by atoms with Crippen LogP contribution in [0.15, 0.2) is 30.3 Å². The van der Waals surface area contributed by atoms with Crippen LogP contribution in [0.5, 0.6) is 0 Å². The summed E-state index contributed by atoms with van der Waals surface area (Å²) in [6, 6.07) is 10.4. The molecule has 1 aromatic carbocycles. The van der Waals surface area contributed by atoms with Crippen molar-refractivity contribution in [1.29, 1.82) is 0 Å². The molecule has 2 nitrogen and oxygen atoms in total. The average molecular weight is 233 g/mol. The Kier molecular flexibility index (Phi) is 5.75. The molecule has 1 rings (SSSR count). The van der Waals surface area contributed by atoms with Crippen molar-refractivity contribution in [3.63, 3.8) is 0 Å². The molecule has 1 unspecified atom stereocenters. The molecule has 1 amide bonds. The van der Waals surface area contributed by atoms with Gasteiger partial charge in [0.15, 0.2) is 0 Å². The zero-order valence-corrected chi connectivity index (χ0v) is 11.1. The van der Waals surface area contributed by atoms with E-state index in [1.54, 1.807) is 0 Å². The van der Waals surface area contributed by atoms with Crippen molar-refractivity contribution in [3.8, 4) is 0 Å². The molecule has 0 aliphatic rings. The largest absolute Gasteiger partial charge is 0.355 e. The van der Waals surface area contributed by atoms with E-state index >= 15 is 0 Å². The maximum absolute atomic E-state index is 11.5. The molecule has 1 aromatic rings. The van der Waals surface area contributed by atoms with E-state index < -0.39 is 0 Å². The molecule has 0 spiro atoms. The maximum Gasteiger partial charge on any atom is 0.220 e. The van der Waals surface area contributed by atoms with E-state index in [1.807, 2.05) is 13.0 Å². The Morgan fingerprint density at radius 2 is 1.88 bits per heavy atom. The maximum atomic E-state index is 11.5. The van der Waals surface area contributed by atoms with Crippen molar-refractivity contribution < 1.29 is 4.79 Å². The quantitative estimate of drug-likeness (QED) is 0.802. The Hall–Kier alpha value is -1.31. The van der Waals surface area contributed by atoms with Crippen LogP contribution in [0.4, 0.5) is 0 Å². The fraction of sp³-hybridized carbons (Fsp3) is 0.533. The van der Waals surface area contributed by atoms with Gasteiger partial charge in [0.25, 0.3) is 0 Å². The monoisotopic (exact) mass is 233 g/mol. The summed E-state index contributed by atoms with van der Waals surface area (Å²) in [5.74, 6) is 1.09. The third-order valence-corrected chi connectivity index (χ3v) is 3.03. The molecule has 94 valence electrons. The minimum atomic E-state index is 0.161. The van der Waals surface area contributed by atoms with Gasteiger partial charge in [-0.3, -0.25) is 4.79 Å². The van der Waals surface area contributed by atoms with Crippen LogP contribution in [0.2, 0.25) is 0 Å². The van der Waals surface area contributed by atoms with Crippen LogP contribution in [0, 0.1) is 5.92 Å². The first-order valence-corrected chi connectivity index (χ1v) is 6.46. The van der Waals surface area contributed by atoms with Crippen LogP contribution in [0.25, 0.3) is 0 Å². The van der Waals surface area contributed by atoms with Gasteiger partial charge in [-0.05, 0) is 17.9 Å². The number of amides is 1. The molecular formula is C15H23NO. The Morgan fingerprint density at radius 3 is 2.41 bits per heavy atom. The normalized spacial score (nSPS) is 12.5. The van der Waals surface area contributed by atoms with Crippen molar-refractivity contribution in [2.45, 2.75) is 39.5 Å². The van der Waals surface area contributed by atoms with Crippen LogP contribution in [0.1, 0.15) is 45.1 Å². The van der Waals surface area contributed by atoms with Crippen molar-refractivity contribution >= 4 is 5.91 Å². The predicted molar refractivity (Wildman–Crippen MR) is 71.9 cm³/mol. The van der Waals surface area contributed by atoms with Gasteiger partial charge in [0.05, 0.1) is 0 Å². The molecule has 0 aliphatic carbocycles. The average Bonchev–Trinajstić information content (AvgIpc) is 2.30. The highest BCUT2D eigenvalue weighted by atomic mass is 16.1. The highest BCUT2D eigenvalue weighted by molar-refractivity contribution is 5.75. The molecule has 17 heavy (non-hydrogen) atoms. The van der Waals surface area contributed by atoms with Gasteiger partial charge in [0, 0.05) is 18.9 Å². The summed E-state index contributed by atoms with van der Waals surface area (Å²) in [4.78, 5) is 11.5. The zero-order valence-electron chi connectivity index (χ0n) is 11.1. The molecule has 0 saturated carbocycles. The second-order valence-electron chi connectivity index (χ2n) is 4.82. The summed E-state index contributed by atoms with van der Waals surface area (Å²) in [6.07, 6.45) is 1.53. The molecule has 0 aliphatic heterocycles. The van der Waals surface area contributed by atoms with E-state index in [9.17, 15) is 4.79 Å². The van der Waals surface area contributed by atoms with E-state index in [4.69, 9.17) is 0 Å². The molecule has 0 radical (unpaired) electrons. The number of hydrogen-bond donors (Lipinski definition) is 1. The minimum absolute atomic E-state index is 0.161. The van der Waals surface area contributed by atoms with Gasteiger partial charge in [0.2, 0.25) is 5.91 Å². The zero-order chi connectivity index (χ0) is 12.7. The lowest BCUT2D eigenvalue weighted by atomic mass is 9.88. The lowest BCUT2D eigenvalue weighted by molar-refractivity contribution is -0.121. The fourth-order valence-corrected chi connectivity index (χ4v) is 1.98. The third kappa shape index (κ3) is 4.59. The lowest BCUT2D eigenvalue weighted by Gasteiger charge is -2.21. The van der Waals surface area contributed by atoms with E-state index in [-0.39, 0.29) is 5.91 Å².